The number of likely N-dealkylation sites (tertiary alicyclic amines) is 1. The zero-order valence-electron chi connectivity index (χ0n) is 15.7. The van der Waals surface area contributed by atoms with E-state index in [2.05, 4.69) is 4.90 Å². The van der Waals surface area contributed by atoms with Crippen molar-refractivity contribution in [3.8, 4) is 28.4 Å². The van der Waals surface area contributed by atoms with E-state index >= 15 is 0 Å². The Balaban J connectivity index is 1.73. The second-order valence-corrected chi connectivity index (χ2v) is 6.85. The molecule has 27 heavy (non-hydrogen) atoms. The Bertz CT molecular complexity index is 888. The van der Waals surface area contributed by atoms with Crippen LogP contribution in [-0.4, -0.2) is 51.1 Å². The topological polar surface area (TPSA) is 74.0 Å². The second kappa shape index (κ2) is 7.12. The van der Waals surface area contributed by atoms with Crippen molar-refractivity contribution in [3.05, 3.63) is 35.4 Å². The van der Waals surface area contributed by atoms with Gasteiger partial charge in [0.1, 0.15) is 23.9 Å². The van der Waals surface area contributed by atoms with Crippen molar-refractivity contribution in [3.63, 3.8) is 0 Å². The van der Waals surface area contributed by atoms with Crippen LogP contribution in [0.1, 0.15) is 28.8 Å². The molecule has 142 valence electrons. The molecule has 0 atom stereocenters. The van der Waals surface area contributed by atoms with Crippen molar-refractivity contribution in [2.45, 2.75) is 12.8 Å². The number of benzene rings is 2. The highest BCUT2D eigenvalue weighted by Gasteiger charge is 2.35. The largest absolute Gasteiger partial charge is 0.496 e. The van der Waals surface area contributed by atoms with Crippen LogP contribution in [0.15, 0.2) is 24.3 Å². The van der Waals surface area contributed by atoms with Gasteiger partial charge in [-0.3, -0.25) is 9.69 Å². The Morgan fingerprint density at radius 2 is 1.74 bits per heavy atom. The van der Waals surface area contributed by atoms with Crippen LogP contribution in [0.3, 0.4) is 0 Å². The van der Waals surface area contributed by atoms with E-state index in [1.807, 2.05) is 12.1 Å². The van der Waals surface area contributed by atoms with Gasteiger partial charge in [-0.05, 0) is 32.0 Å². The number of ether oxygens (including phenoxy) is 3. The minimum absolute atomic E-state index is 0.125. The predicted octanol–water partition coefficient (Wildman–Crippen LogP) is 2.97. The number of nitrogens with two attached hydrogens (primary N) is 1. The quantitative estimate of drug-likeness (QED) is 0.675. The fourth-order valence-electron chi connectivity index (χ4n) is 3.99. The maximum atomic E-state index is 13.0. The first-order valence-electron chi connectivity index (χ1n) is 9.23. The fraction of sp³-hybridized carbons (Fsp3) is 0.381. The SMILES string of the molecule is COc1cc(OC)c2c(c1N)C(=O)c1cccc(OCCN3CCCC3)c1-2. The van der Waals surface area contributed by atoms with Crippen LogP contribution in [0.2, 0.25) is 0 Å². The highest BCUT2D eigenvalue weighted by molar-refractivity contribution is 6.26. The average molecular weight is 368 g/mol. The number of methoxy groups -OCH3 is 2. The molecule has 0 radical (unpaired) electrons. The summed E-state index contributed by atoms with van der Waals surface area (Å²) in [5.41, 5.74) is 9.01. The molecular formula is C21H24N2O4. The maximum absolute atomic E-state index is 13.0. The first kappa shape index (κ1) is 17.7. The molecule has 1 aliphatic heterocycles. The summed E-state index contributed by atoms with van der Waals surface area (Å²) in [5, 5.41) is 0. The summed E-state index contributed by atoms with van der Waals surface area (Å²) in [6.07, 6.45) is 2.50. The molecule has 2 aromatic rings. The number of anilines is 1. The Labute approximate surface area is 158 Å². The van der Waals surface area contributed by atoms with Crippen LogP contribution in [0.25, 0.3) is 11.1 Å². The number of ketones is 1. The number of nitrogens with zero attached hydrogens (tertiary/aromatic N) is 1. The molecule has 6 nitrogen and oxygen atoms in total. The van der Waals surface area contributed by atoms with Gasteiger partial charge in [0.15, 0.2) is 5.78 Å². The number of hydrogen-bond donors (Lipinski definition) is 1. The highest BCUT2D eigenvalue weighted by Crippen LogP contribution is 2.51. The molecule has 2 aliphatic rings. The normalized spacial score (nSPS) is 15.6. The van der Waals surface area contributed by atoms with Crippen LogP contribution >= 0.6 is 0 Å². The van der Waals surface area contributed by atoms with E-state index in [1.165, 1.54) is 20.0 Å². The number of carbonyl (C=O) groups excluding carboxylic acids is 1. The minimum Gasteiger partial charge on any atom is -0.496 e. The van der Waals surface area contributed by atoms with E-state index in [0.29, 0.717) is 46.2 Å². The lowest BCUT2D eigenvalue weighted by atomic mass is 10.0. The molecule has 0 aromatic heterocycles. The molecule has 0 saturated carbocycles. The standard InChI is InChI=1S/C21H24N2O4/c1-25-15-12-16(26-2)20(22)19-18(15)17-13(21(19)24)6-5-7-14(17)27-11-10-23-8-3-4-9-23/h5-7,12H,3-4,8-11,22H2,1-2H3. The average Bonchev–Trinajstić information content (AvgIpc) is 3.30. The summed E-state index contributed by atoms with van der Waals surface area (Å²) >= 11 is 0. The van der Waals surface area contributed by atoms with Crippen molar-refractivity contribution >= 4 is 11.5 Å². The molecule has 1 aliphatic carbocycles. The van der Waals surface area contributed by atoms with Gasteiger partial charge in [0.2, 0.25) is 0 Å². The van der Waals surface area contributed by atoms with Gasteiger partial charge in [0.05, 0.1) is 25.5 Å². The van der Waals surface area contributed by atoms with Crippen LogP contribution in [-0.2, 0) is 0 Å². The molecule has 0 spiro atoms. The van der Waals surface area contributed by atoms with Gasteiger partial charge in [-0.25, -0.2) is 0 Å². The molecule has 1 heterocycles. The summed E-state index contributed by atoms with van der Waals surface area (Å²) in [4.78, 5) is 15.4. The van der Waals surface area contributed by atoms with Crippen LogP contribution in [0.4, 0.5) is 5.69 Å². The summed E-state index contributed by atoms with van der Waals surface area (Å²) in [6.45, 7) is 3.71. The lowest BCUT2D eigenvalue weighted by Crippen LogP contribution is -2.25. The molecule has 1 saturated heterocycles. The fourth-order valence-corrected chi connectivity index (χ4v) is 3.99. The lowest BCUT2D eigenvalue weighted by molar-refractivity contribution is 0.104. The van der Waals surface area contributed by atoms with E-state index in [0.717, 1.165) is 25.2 Å². The third-order valence-corrected chi connectivity index (χ3v) is 5.34. The van der Waals surface area contributed by atoms with Crippen molar-refractivity contribution < 1.29 is 19.0 Å². The maximum Gasteiger partial charge on any atom is 0.196 e. The van der Waals surface area contributed by atoms with Crippen molar-refractivity contribution in [1.29, 1.82) is 0 Å². The number of carbonyl (C=O) groups is 1. The molecule has 0 unspecified atom stereocenters. The number of hydrogen-bond acceptors (Lipinski definition) is 6. The monoisotopic (exact) mass is 368 g/mol. The number of rotatable bonds is 6. The molecular weight excluding hydrogens is 344 g/mol. The van der Waals surface area contributed by atoms with E-state index in [-0.39, 0.29) is 5.78 Å². The van der Waals surface area contributed by atoms with E-state index < -0.39 is 0 Å². The lowest BCUT2D eigenvalue weighted by Gasteiger charge is -2.17. The first-order chi connectivity index (χ1) is 13.2. The number of fused-ring (bicyclic) bond motifs is 3. The zero-order valence-corrected chi connectivity index (χ0v) is 15.7. The van der Waals surface area contributed by atoms with Gasteiger partial charge in [0, 0.05) is 29.3 Å². The van der Waals surface area contributed by atoms with Crippen LogP contribution < -0.4 is 19.9 Å². The summed E-state index contributed by atoms with van der Waals surface area (Å²) in [7, 11) is 3.10. The summed E-state index contributed by atoms with van der Waals surface area (Å²) in [6, 6.07) is 7.26. The molecule has 2 aromatic carbocycles. The summed E-state index contributed by atoms with van der Waals surface area (Å²) < 4.78 is 17.0. The van der Waals surface area contributed by atoms with Crippen LogP contribution in [0.5, 0.6) is 17.2 Å². The van der Waals surface area contributed by atoms with Gasteiger partial charge in [-0.1, -0.05) is 12.1 Å². The van der Waals surface area contributed by atoms with Crippen LogP contribution in [0, 0.1) is 0 Å². The van der Waals surface area contributed by atoms with E-state index in [4.69, 9.17) is 19.9 Å². The van der Waals surface area contributed by atoms with Gasteiger partial charge >= 0.3 is 0 Å². The Morgan fingerprint density at radius 1 is 1.00 bits per heavy atom. The Hall–Kier alpha value is -2.73. The van der Waals surface area contributed by atoms with Crippen molar-refractivity contribution in [2.75, 3.05) is 46.2 Å². The molecule has 1 fully saturated rings. The Morgan fingerprint density at radius 3 is 2.44 bits per heavy atom. The van der Waals surface area contributed by atoms with Gasteiger partial charge in [0.25, 0.3) is 0 Å². The zero-order chi connectivity index (χ0) is 19.0. The van der Waals surface area contributed by atoms with Gasteiger partial charge < -0.3 is 19.9 Å². The second-order valence-electron chi connectivity index (χ2n) is 6.85. The van der Waals surface area contributed by atoms with Crippen molar-refractivity contribution in [2.24, 2.45) is 0 Å². The molecule has 0 amide bonds. The molecule has 6 heteroatoms. The van der Waals surface area contributed by atoms with Gasteiger partial charge in [-0.15, -0.1) is 0 Å². The third-order valence-electron chi connectivity index (χ3n) is 5.34. The number of nitrogen functional groups attached to an aromatic ring is 1. The molecule has 4 rings (SSSR count). The summed E-state index contributed by atoms with van der Waals surface area (Å²) in [5.74, 6) is 1.54. The van der Waals surface area contributed by atoms with Crippen molar-refractivity contribution in [1.82, 2.24) is 4.90 Å². The minimum atomic E-state index is -0.125. The third kappa shape index (κ3) is 2.90. The van der Waals surface area contributed by atoms with E-state index in [9.17, 15) is 4.79 Å². The van der Waals surface area contributed by atoms with E-state index in [1.54, 1.807) is 19.2 Å². The molecule has 2 N–H and O–H groups in total. The molecule has 0 bridgehead atoms. The smallest absolute Gasteiger partial charge is 0.196 e. The highest BCUT2D eigenvalue weighted by atomic mass is 16.5. The predicted molar refractivity (Wildman–Crippen MR) is 104 cm³/mol. The Kier molecular flexibility index (Phi) is 4.66. The first-order valence-corrected chi connectivity index (χ1v) is 9.23. The van der Waals surface area contributed by atoms with Gasteiger partial charge in [-0.2, -0.15) is 0 Å².